The number of aliphatic carboxylic acids is 1. The van der Waals surface area contributed by atoms with Crippen molar-refractivity contribution in [3.63, 3.8) is 0 Å². The zero-order valence-corrected chi connectivity index (χ0v) is 15.8. The highest BCUT2D eigenvalue weighted by molar-refractivity contribution is 5.68. The molecule has 0 aromatic rings. The van der Waals surface area contributed by atoms with Crippen LogP contribution in [0.15, 0.2) is 24.3 Å². The highest BCUT2D eigenvalue weighted by Crippen LogP contribution is 2.47. The van der Waals surface area contributed by atoms with E-state index in [0.29, 0.717) is 24.0 Å². The van der Waals surface area contributed by atoms with Gasteiger partial charge in [-0.3, -0.25) is 4.79 Å². The van der Waals surface area contributed by atoms with Crippen molar-refractivity contribution in [3.05, 3.63) is 24.3 Å². The molecule has 0 aromatic heterocycles. The summed E-state index contributed by atoms with van der Waals surface area (Å²) in [6.07, 6.45) is 19.9. The Bertz CT molecular complexity index is 506. The molecule has 0 radical (unpaired) electrons. The number of ether oxygens (including phenoxy) is 1. The number of aliphatic hydroxyl groups excluding tert-OH is 1. The van der Waals surface area contributed by atoms with Crippen LogP contribution >= 0.6 is 0 Å². The van der Waals surface area contributed by atoms with E-state index in [1.165, 1.54) is 38.5 Å². The molecular weight excluding hydrogens is 328 g/mol. The maximum atomic E-state index is 10.5. The average Bonchev–Trinajstić information content (AvgIpc) is 3.33. The van der Waals surface area contributed by atoms with Crippen LogP contribution in [0.4, 0.5) is 0 Å². The van der Waals surface area contributed by atoms with Crippen LogP contribution < -0.4 is 0 Å². The fourth-order valence-corrected chi connectivity index (χ4v) is 5.29. The Kier molecular flexibility index (Phi) is 7.32. The lowest BCUT2D eigenvalue weighted by atomic mass is 9.74. The molecule has 3 aliphatic rings. The van der Waals surface area contributed by atoms with Crippen LogP contribution in [0.1, 0.15) is 70.6 Å². The molecule has 1 saturated carbocycles. The van der Waals surface area contributed by atoms with Gasteiger partial charge < -0.3 is 14.9 Å². The summed E-state index contributed by atoms with van der Waals surface area (Å²) in [5.74, 6) is 1.07. The quantitative estimate of drug-likeness (QED) is 0.562. The van der Waals surface area contributed by atoms with Crippen LogP contribution in [-0.4, -0.2) is 34.5 Å². The van der Waals surface area contributed by atoms with Gasteiger partial charge in [-0.1, -0.05) is 50.0 Å². The Labute approximate surface area is 157 Å². The van der Waals surface area contributed by atoms with E-state index in [-0.39, 0.29) is 12.5 Å². The lowest BCUT2D eigenvalue weighted by molar-refractivity contribution is -0.136. The van der Waals surface area contributed by atoms with Gasteiger partial charge >= 0.3 is 5.97 Å². The molecule has 2 aliphatic heterocycles. The molecule has 0 spiro atoms. The van der Waals surface area contributed by atoms with Gasteiger partial charge in [-0.2, -0.15) is 0 Å². The Balaban J connectivity index is 1.43. The molecule has 0 amide bonds. The minimum absolute atomic E-state index is 0.0725. The van der Waals surface area contributed by atoms with Crippen molar-refractivity contribution in [2.24, 2.45) is 17.8 Å². The second kappa shape index (κ2) is 9.70. The van der Waals surface area contributed by atoms with E-state index < -0.39 is 5.97 Å². The lowest BCUT2D eigenvalue weighted by Crippen LogP contribution is -2.28. The Hall–Kier alpha value is -1.13. The van der Waals surface area contributed by atoms with Gasteiger partial charge in [0, 0.05) is 0 Å². The normalized spacial score (nSPS) is 33.0. The molecule has 2 bridgehead atoms. The number of allylic oxidation sites excluding steroid dienone is 3. The van der Waals surface area contributed by atoms with Gasteiger partial charge in [-0.15, -0.1) is 0 Å². The molecule has 0 aromatic carbocycles. The largest absolute Gasteiger partial charge is 0.481 e. The number of carboxylic acids is 1. The molecular formula is C22H34O4. The van der Waals surface area contributed by atoms with Crippen LogP contribution in [-0.2, 0) is 9.53 Å². The van der Waals surface area contributed by atoms with Gasteiger partial charge in [0.15, 0.2) is 0 Å². The van der Waals surface area contributed by atoms with Crippen molar-refractivity contribution in [3.8, 4) is 0 Å². The number of hydrogen-bond donors (Lipinski definition) is 2. The van der Waals surface area contributed by atoms with E-state index in [2.05, 4.69) is 6.08 Å². The first-order valence-electron chi connectivity index (χ1n) is 10.5. The third kappa shape index (κ3) is 5.43. The molecule has 1 unspecified atom stereocenters. The lowest BCUT2D eigenvalue weighted by Gasteiger charge is -2.28. The van der Waals surface area contributed by atoms with Crippen molar-refractivity contribution in [1.29, 1.82) is 0 Å². The van der Waals surface area contributed by atoms with Crippen LogP contribution in [0.25, 0.3) is 0 Å². The first-order chi connectivity index (χ1) is 12.6. The molecule has 2 N–H and O–H groups in total. The third-order valence-corrected chi connectivity index (χ3v) is 6.59. The first kappa shape index (κ1) is 19.6. The molecule has 2 heterocycles. The van der Waals surface area contributed by atoms with Crippen molar-refractivity contribution in [1.82, 2.24) is 0 Å². The summed E-state index contributed by atoms with van der Waals surface area (Å²) in [7, 11) is 0. The third-order valence-electron chi connectivity index (χ3n) is 6.59. The minimum Gasteiger partial charge on any atom is -0.481 e. The molecule has 5 atom stereocenters. The average molecular weight is 363 g/mol. The maximum absolute atomic E-state index is 10.5. The summed E-state index contributed by atoms with van der Waals surface area (Å²) < 4.78 is 6.16. The molecule has 3 fully saturated rings. The van der Waals surface area contributed by atoms with E-state index in [9.17, 15) is 9.90 Å². The van der Waals surface area contributed by atoms with Crippen LogP contribution in [0.2, 0.25) is 0 Å². The van der Waals surface area contributed by atoms with E-state index >= 15 is 0 Å². The zero-order chi connectivity index (χ0) is 18.4. The summed E-state index contributed by atoms with van der Waals surface area (Å²) in [6.45, 7) is 0. The van der Waals surface area contributed by atoms with Crippen molar-refractivity contribution >= 4 is 5.97 Å². The van der Waals surface area contributed by atoms with Gasteiger partial charge in [0.1, 0.15) is 0 Å². The SMILES string of the molecule is O=C(O)CC=CC=CC[C@H]1[C@@H](CCC(O)CC2CCCC2)[C@H]2CC[C@@H]1O2. The number of fused-ring (bicyclic) bond motifs is 2. The first-order valence-corrected chi connectivity index (χ1v) is 10.5. The number of aliphatic hydroxyl groups is 1. The molecule has 4 nitrogen and oxygen atoms in total. The van der Waals surface area contributed by atoms with E-state index in [4.69, 9.17) is 9.84 Å². The minimum atomic E-state index is -0.799. The van der Waals surface area contributed by atoms with Crippen molar-refractivity contribution in [2.75, 3.05) is 0 Å². The predicted octanol–water partition coefficient (Wildman–Crippen LogP) is 4.48. The molecule has 2 saturated heterocycles. The summed E-state index contributed by atoms with van der Waals surface area (Å²) >= 11 is 0. The van der Waals surface area contributed by atoms with Crippen LogP contribution in [0.5, 0.6) is 0 Å². The topological polar surface area (TPSA) is 66.8 Å². The van der Waals surface area contributed by atoms with Crippen molar-refractivity contribution < 1.29 is 19.7 Å². The van der Waals surface area contributed by atoms with Gasteiger partial charge in [0.2, 0.25) is 0 Å². The molecule has 4 heteroatoms. The summed E-state index contributed by atoms with van der Waals surface area (Å²) in [5, 5.41) is 19.1. The van der Waals surface area contributed by atoms with E-state index in [1.54, 1.807) is 6.08 Å². The summed E-state index contributed by atoms with van der Waals surface area (Å²) in [4.78, 5) is 10.5. The second-order valence-electron chi connectivity index (χ2n) is 8.43. The van der Waals surface area contributed by atoms with Crippen LogP contribution in [0.3, 0.4) is 0 Å². The molecule has 3 rings (SSSR count). The van der Waals surface area contributed by atoms with Gasteiger partial charge in [-0.25, -0.2) is 0 Å². The van der Waals surface area contributed by atoms with Crippen LogP contribution in [0, 0.1) is 17.8 Å². The van der Waals surface area contributed by atoms with Crippen molar-refractivity contribution in [2.45, 2.75) is 88.9 Å². The highest BCUT2D eigenvalue weighted by Gasteiger charge is 2.47. The number of carbonyl (C=O) groups is 1. The fourth-order valence-electron chi connectivity index (χ4n) is 5.29. The molecule has 1 aliphatic carbocycles. The Morgan fingerprint density at radius 3 is 2.46 bits per heavy atom. The summed E-state index contributed by atoms with van der Waals surface area (Å²) in [5.41, 5.74) is 0. The van der Waals surface area contributed by atoms with E-state index in [0.717, 1.165) is 31.6 Å². The van der Waals surface area contributed by atoms with Gasteiger partial charge in [0.05, 0.1) is 24.7 Å². The van der Waals surface area contributed by atoms with Gasteiger partial charge in [-0.05, 0) is 56.3 Å². The fraction of sp³-hybridized carbons (Fsp3) is 0.773. The highest BCUT2D eigenvalue weighted by atomic mass is 16.5. The number of rotatable bonds is 10. The Morgan fingerprint density at radius 2 is 1.73 bits per heavy atom. The molecule has 146 valence electrons. The summed E-state index contributed by atoms with van der Waals surface area (Å²) in [6, 6.07) is 0. The number of hydrogen-bond acceptors (Lipinski definition) is 3. The number of carboxylic acid groups (broad SMARTS) is 1. The second-order valence-corrected chi connectivity index (χ2v) is 8.43. The standard InChI is InChI=1S/C22H34O4/c23-17(15-16-7-5-6-8-16)11-12-19-18(20-13-14-21(19)26-20)9-3-1-2-4-10-22(24)25/h1-4,16-21,23H,5-15H2,(H,24,25)/t17?,18-,19+,20-,21+/m0/s1. The smallest absolute Gasteiger partial charge is 0.307 e. The zero-order valence-electron chi connectivity index (χ0n) is 15.8. The van der Waals surface area contributed by atoms with E-state index in [1.807, 2.05) is 12.2 Å². The Morgan fingerprint density at radius 1 is 1.04 bits per heavy atom. The monoisotopic (exact) mass is 362 g/mol. The maximum Gasteiger partial charge on any atom is 0.307 e. The molecule has 26 heavy (non-hydrogen) atoms. The predicted molar refractivity (Wildman–Crippen MR) is 102 cm³/mol. The van der Waals surface area contributed by atoms with Gasteiger partial charge in [0.25, 0.3) is 0 Å².